The van der Waals surface area contributed by atoms with Crippen molar-refractivity contribution < 1.29 is 19.5 Å². The average Bonchev–Trinajstić information content (AvgIpc) is 3.01. The van der Waals surface area contributed by atoms with Crippen LogP contribution in [-0.2, 0) is 19.5 Å². The summed E-state index contributed by atoms with van der Waals surface area (Å²) >= 11 is 0. The summed E-state index contributed by atoms with van der Waals surface area (Å²) in [4.78, 5) is 12.7. The number of hydrogen-bond donors (Lipinski definition) is 0. The molecule has 4 heteroatoms. The van der Waals surface area contributed by atoms with Crippen molar-refractivity contribution in [1.29, 1.82) is 0 Å². The SMILES string of the molecule is [Ru+3].c1ccc(-c2ccccn2)cc1.c1ccc(-c2ccccn2)cc1.c1ccc(-c2ccccn2)cc1. The maximum atomic E-state index is 4.25. The molecule has 6 rings (SSSR count). The van der Waals surface area contributed by atoms with Gasteiger partial charge in [0.2, 0.25) is 0 Å². The summed E-state index contributed by atoms with van der Waals surface area (Å²) < 4.78 is 0. The molecule has 0 aliphatic carbocycles. The third-order valence-electron chi connectivity index (χ3n) is 5.20. The zero-order valence-corrected chi connectivity index (χ0v) is 22.0. The van der Waals surface area contributed by atoms with Gasteiger partial charge in [-0.15, -0.1) is 0 Å². The number of hydrogen-bond acceptors (Lipinski definition) is 3. The largest absolute Gasteiger partial charge is 3.00 e. The van der Waals surface area contributed by atoms with Crippen LogP contribution in [-0.4, -0.2) is 15.0 Å². The first-order valence-electron chi connectivity index (χ1n) is 11.8. The molecule has 0 aliphatic heterocycles. The van der Waals surface area contributed by atoms with Crippen LogP contribution in [0.4, 0.5) is 0 Å². The Morgan fingerprint density at radius 1 is 0.270 bits per heavy atom. The van der Waals surface area contributed by atoms with Crippen LogP contribution in [0.3, 0.4) is 0 Å². The van der Waals surface area contributed by atoms with E-state index in [4.69, 9.17) is 0 Å². The van der Waals surface area contributed by atoms with Crippen LogP contribution < -0.4 is 0 Å². The first kappa shape index (κ1) is 27.3. The molecule has 0 aliphatic rings. The van der Waals surface area contributed by atoms with E-state index in [-0.39, 0.29) is 19.5 Å². The van der Waals surface area contributed by atoms with Crippen LogP contribution in [0.1, 0.15) is 0 Å². The molecule has 3 aromatic heterocycles. The minimum atomic E-state index is 0. The Bertz CT molecular complexity index is 1090. The van der Waals surface area contributed by atoms with Crippen molar-refractivity contribution in [3.63, 3.8) is 0 Å². The summed E-state index contributed by atoms with van der Waals surface area (Å²) in [5.74, 6) is 0. The van der Waals surface area contributed by atoms with Gasteiger partial charge in [-0.25, -0.2) is 0 Å². The number of rotatable bonds is 3. The third-order valence-corrected chi connectivity index (χ3v) is 5.20. The first-order chi connectivity index (χ1) is 17.9. The van der Waals surface area contributed by atoms with E-state index in [1.54, 1.807) is 0 Å². The Labute approximate surface area is 231 Å². The van der Waals surface area contributed by atoms with Gasteiger partial charge in [0.05, 0.1) is 17.1 Å². The summed E-state index contributed by atoms with van der Waals surface area (Å²) in [7, 11) is 0. The van der Waals surface area contributed by atoms with E-state index in [1.807, 2.05) is 128 Å². The summed E-state index contributed by atoms with van der Waals surface area (Å²) in [6.07, 6.45) is 5.42. The Balaban J connectivity index is 0.000000152. The van der Waals surface area contributed by atoms with E-state index < -0.39 is 0 Å². The molecule has 0 saturated heterocycles. The van der Waals surface area contributed by atoms with E-state index in [0.29, 0.717) is 0 Å². The molecule has 37 heavy (non-hydrogen) atoms. The van der Waals surface area contributed by atoms with Crippen molar-refractivity contribution in [3.8, 4) is 33.8 Å². The summed E-state index contributed by atoms with van der Waals surface area (Å²) in [5.41, 5.74) is 6.57. The molecule has 0 N–H and O–H groups in total. The minimum absolute atomic E-state index is 0. The Morgan fingerprint density at radius 2 is 0.514 bits per heavy atom. The molecule has 179 valence electrons. The molecule has 0 bridgehead atoms. The second-order valence-corrected chi connectivity index (χ2v) is 7.74. The third kappa shape index (κ3) is 9.03. The molecule has 0 unspecified atom stereocenters. The molecule has 0 atom stereocenters. The fourth-order valence-electron chi connectivity index (χ4n) is 3.43. The number of pyridine rings is 3. The summed E-state index contributed by atoms with van der Waals surface area (Å²) in [5, 5.41) is 0. The molecular weight excluding hydrogens is 539 g/mol. The molecule has 6 aromatic rings. The second kappa shape index (κ2) is 15.7. The summed E-state index contributed by atoms with van der Waals surface area (Å²) in [6.45, 7) is 0. The van der Waals surface area contributed by atoms with Crippen molar-refractivity contribution in [1.82, 2.24) is 15.0 Å². The molecule has 0 saturated carbocycles. The van der Waals surface area contributed by atoms with Gasteiger partial charge in [-0.1, -0.05) is 109 Å². The van der Waals surface area contributed by atoms with Gasteiger partial charge in [0.25, 0.3) is 0 Å². The smallest absolute Gasteiger partial charge is 0.256 e. The fourth-order valence-corrected chi connectivity index (χ4v) is 3.43. The van der Waals surface area contributed by atoms with Crippen LogP contribution in [0.2, 0.25) is 0 Å². The van der Waals surface area contributed by atoms with Crippen LogP contribution in [0.5, 0.6) is 0 Å². The predicted molar refractivity (Wildman–Crippen MR) is 149 cm³/mol. The number of benzene rings is 3. The van der Waals surface area contributed by atoms with E-state index in [1.165, 1.54) is 0 Å². The van der Waals surface area contributed by atoms with Gasteiger partial charge in [0.15, 0.2) is 0 Å². The standard InChI is InChI=1S/3C11H9N.Ru/c3*1-2-6-10(7-3-1)11-8-4-5-9-12-11;/h3*1-9H;/q;;;+3. The van der Waals surface area contributed by atoms with Crippen molar-refractivity contribution in [2.45, 2.75) is 0 Å². The van der Waals surface area contributed by atoms with Crippen LogP contribution in [0, 0.1) is 0 Å². The van der Waals surface area contributed by atoms with Crippen molar-refractivity contribution >= 4 is 0 Å². The van der Waals surface area contributed by atoms with Gasteiger partial charge in [0, 0.05) is 35.3 Å². The normalized spacial score (nSPS) is 9.41. The Kier molecular flexibility index (Phi) is 11.6. The van der Waals surface area contributed by atoms with E-state index >= 15 is 0 Å². The van der Waals surface area contributed by atoms with E-state index in [0.717, 1.165) is 33.8 Å². The van der Waals surface area contributed by atoms with Gasteiger partial charge in [-0.05, 0) is 36.4 Å². The topological polar surface area (TPSA) is 38.7 Å². The Morgan fingerprint density at radius 3 is 0.730 bits per heavy atom. The molecule has 0 spiro atoms. The molecule has 0 amide bonds. The van der Waals surface area contributed by atoms with Crippen LogP contribution in [0.25, 0.3) is 33.8 Å². The van der Waals surface area contributed by atoms with Gasteiger partial charge < -0.3 is 0 Å². The zero-order valence-electron chi connectivity index (χ0n) is 20.3. The van der Waals surface area contributed by atoms with Crippen molar-refractivity contribution in [2.75, 3.05) is 0 Å². The van der Waals surface area contributed by atoms with Gasteiger partial charge in [-0.3, -0.25) is 15.0 Å². The number of nitrogens with zero attached hydrogens (tertiary/aromatic N) is 3. The quantitative estimate of drug-likeness (QED) is 0.203. The van der Waals surface area contributed by atoms with Crippen molar-refractivity contribution in [3.05, 3.63) is 164 Å². The maximum Gasteiger partial charge on any atom is 3.00 e. The van der Waals surface area contributed by atoms with Crippen LogP contribution >= 0.6 is 0 Å². The molecular formula is C33H27N3Ru+3. The fraction of sp³-hybridized carbons (Fsp3) is 0. The van der Waals surface area contributed by atoms with Gasteiger partial charge in [0.1, 0.15) is 0 Å². The van der Waals surface area contributed by atoms with Crippen molar-refractivity contribution in [2.24, 2.45) is 0 Å². The first-order valence-corrected chi connectivity index (χ1v) is 11.8. The van der Waals surface area contributed by atoms with Gasteiger partial charge in [-0.2, -0.15) is 0 Å². The summed E-state index contributed by atoms with van der Waals surface area (Å²) in [6, 6.07) is 48.3. The monoisotopic (exact) mass is 567 g/mol. The average molecular weight is 567 g/mol. The Hall–Kier alpha value is -4.27. The number of aromatic nitrogens is 3. The molecule has 3 heterocycles. The van der Waals surface area contributed by atoms with E-state index in [9.17, 15) is 0 Å². The molecule has 3 nitrogen and oxygen atoms in total. The van der Waals surface area contributed by atoms with Gasteiger partial charge >= 0.3 is 19.5 Å². The second-order valence-electron chi connectivity index (χ2n) is 7.74. The molecule has 1 radical (unpaired) electrons. The predicted octanol–water partition coefficient (Wildman–Crippen LogP) is 8.24. The van der Waals surface area contributed by atoms with E-state index in [2.05, 4.69) is 51.4 Å². The maximum absolute atomic E-state index is 4.25. The van der Waals surface area contributed by atoms with Crippen LogP contribution in [0.15, 0.2) is 164 Å². The zero-order chi connectivity index (χ0) is 24.7. The molecule has 0 fully saturated rings. The minimum Gasteiger partial charge on any atom is -0.256 e. The molecule has 3 aromatic carbocycles.